The molecule has 166 valence electrons. The molecule has 0 unspecified atom stereocenters. The Morgan fingerprint density at radius 3 is 2.29 bits per heavy atom. The fourth-order valence-corrected chi connectivity index (χ4v) is 3.37. The smallest absolute Gasteiger partial charge is 0.332 e. The van der Waals surface area contributed by atoms with Crippen molar-refractivity contribution in [3.8, 4) is 0 Å². The van der Waals surface area contributed by atoms with E-state index in [0.717, 1.165) is 13.2 Å². The number of nitrogens with one attached hydrogen (secondary N) is 3. The summed E-state index contributed by atoms with van der Waals surface area (Å²) in [6, 6.07) is 7.18. The van der Waals surface area contributed by atoms with E-state index in [1.807, 2.05) is 0 Å². The van der Waals surface area contributed by atoms with Crippen LogP contribution in [0.5, 0.6) is 0 Å². The van der Waals surface area contributed by atoms with Crippen molar-refractivity contribution in [3.63, 3.8) is 0 Å². The second kappa shape index (κ2) is 10.5. The van der Waals surface area contributed by atoms with E-state index >= 15 is 0 Å². The minimum Gasteiger partial charge on any atom is -0.466 e. The number of benzene rings is 1. The van der Waals surface area contributed by atoms with E-state index in [1.165, 1.54) is 24.3 Å². The lowest BCUT2D eigenvalue weighted by Crippen LogP contribution is -2.31. The molecule has 0 saturated carbocycles. The standard InChI is InChI=1S/C19H23N5O6S/c1-12-10-13(2)22-19(21-12)24-31(28,29)15-6-4-14(5-7-15)23-16(11-17(26)30-3)18(27)20-8-9-25/h4-7,10-11,23,25H,8-9H2,1-3H3,(H,20,27)(H,21,22,24)/b16-11-. The minimum absolute atomic E-state index is 0.0115. The number of anilines is 2. The van der Waals surface area contributed by atoms with Gasteiger partial charge in [0.1, 0.15) is 5.70 Å². The predicted octanol–water partition coefficient (Wildman–Crippen LogP) is 0.472. The summed E-state index contributed by atoms with van der Waals surface area (Å²) < 4.78 is 32.0. The van der Waals surface area contributed by atoms with Crippen LogP contribution in [0.25, 0.3) is 0 Å². The minimum atomic E-state index is -3.94. The maximum Gasteiger partial charge on any atom is 0.332 e. The van der Waals surface area contributed by atoms with Crippen molar-refractivity contribution in [1.29, 1.82) is 0 Å². The number of methoxy groups -OCH3 is 1. The van der Waals surface area contributed by atoms with Crippen molar-refractivity contribution in [2.75, 3.05) is 30.3 Å². The van der Waals surface area contributed by atoms with Gasteiger partial charge in [0.25, 0.3) is 15.9 Å². The van der Waals surface area contributed by atoms with E-state index < -0.39 is 21.9 Å². The molecule has 0 atom stereocenters. The van der Waals surface area contributed by atoms with Gasteiger partial charge in [-0.3, -0.25) is 4.79 Å². The van der Waals surface area contributed by atoms with E-state index in [1.54, 1.807) is 19.9 Å². The van der Waals surface area contributed by atoms with Gasteiger partial charge in [0.05, 0.1) is 24.7 Å². The molecule has 0 aliphatic heterocycles. The Morgan fingerprint density at radius 2 is 1.74 bits per heavy atom. The number of carbonyl (C=O) groups excluding carboxylic acids is 2. The normalized spacial score (nSPS) is 11.5. The molecule has 2 rings (SSSR count). The molecule has 0 saturated heterocycles. The second-order valence-electron chi connectivity index (χ2n) is 6.29. The number of aliphatic hydroxyl groups is 1. The Hall–Kier alpha value is -3.51. The fraction of sp³-hybridized carbons (Fsp3) is 0.263. The van der Waals surface area contributed by atoms with E-state index in [0.29, 0.717) is 17.1 Å². The van der Waals surface area contributed by atoms with Crippen LogP contribution in [0.2, 0.25) is 0 Å². The Kier molecular flexibility index (Phi) is 8.05. The molecule has 0 aliphatic rings. The molecule has 1 heterocycles. The Bertz CT molecular complexity index is 1060. The quantitative estimate of drug-likeness (QED) is 0.315. The van der Waals surface area contributed by atoms with Gasteiger partial charge in [-0.15, -0.1) is 0 Å². The lowest BCUT2D eigenvalue weighted by atomic mass is 10.3. The van der Waals surface area contributed by atoms with Gasteiger partial charge in [0.15, 0.2) is 0 Å². The summed E-state index contributed by atoms with van der Waals surface area (Å²) in [6.45, 7) is 3.16. The molecule has 12 heteroatoms. The van der Waals surface area contributed by atoms with Crippen molar-refractivity contribution in [2.45, 2.75) is 18.7 Å². The number of sulfonamides is 1. The van der Waals surface area contributed by atoms with E-state index in [-0.39, 0.29) is 29.7 Å². The van der Waals surface area contributed by atoms with Gasteiger partial charge in [0, 0.05) is 23.6 Å². The zero-order chi connectivity index (χ0) is 23.0. The molecule has 1 aromatic heterocycles. The molecule has 0 aliphatic carbocycles. The summed E-state index contributed by atoms with van der Waals surface area (Å²) in [5.74, 6) is -1.45. The highest BCUT2D eigenvalue weighted by atomic mass is 32.2. The largest absolute Gasteiger partial charge is 0.466 e. The summed E-state index contributed by atoms with van der Waals surface area (Å²) in [5, 5.41) is 14.0. The van der Waals surface area contributed by atoms with Crippen LogP contribution < -0.4 is 15.4 Å². The van der Waals surface area contributed by atoms with Gasteiger partial charge in [-0.1, -0.05) is 0 Å². The summed E-state index contributed by atoms with van der Waals surface area (Å²) in [7, 11) is -2.78. The summed E-state index contributed by atoms with van der Waals surface area (Å²) >= 11 is 0. The van der Waals surface area contributed by atoms with Gasteiger partial charge < -0.3 is 20.5 Å². The third-order valence-corrected chi connectivity index (χ3v) is 5.10. The van der Waals surface area contributed by atoms with Crippen LogP contribution >= 0.6 is 0 Å². The lowest BCUT2D eigenvalue weighted by Gasteiger charge is -2.12. The first kappa shape index (κ1) is 23.8. The molecule has 0 spiro atoms. The molecule has 1 amide bonds. The van der Waals surface area contributed by atoms with Crippen molar-refractivity contribution < 1.29 is 27.9 Å². The number of esters is 1. The number of aryl methyl sites for hydroxylation is 2. The zero-order valence-electron chi connectivity index (χ0n) is 17.2. The Balaban J connectivity index is 2.21. The molecule has 11 nitrogen and oxygen atoms in total. The number of amides is 1. The molecule has 0 fully saturated rings. The number of aromatic nitrogens is 2. The maximum absolute atomic E-state index is 12.6. The Morgan fingerprint density at radius 1 is 1.13 bits per heavy atom. The monoisotopic (exact) mass is 449 g/mol. The second-order valence-corrected chi connectivity index (χ2v) is 7.97. The van der Waals surface area contributed by atoms with Crippen LogP contribution in [0.15, 0.2) is 47.0 Å². The van der Waals surface area contributed by atoms with E-state index in [4.69, 9.17) is 5.11 Å². The van der Waals surface area contributed by atoms with Crippen LogP contribution in [-0.4, -0.2) is 55.6 Å². The van der Waals surface area contributed by atoms with Crippen LogP contribution in [0.1, 0.15) is 11.4 Å². The number of ether oxygens (including phenoxy) is 1. The molecule has 31 heavy (non-hydrogen) atoms. The van der Waals surface area contributed by atoms with Gasteiger partial charge in [0.2, 0.25) is 5.95 Å². The molecule has 4 N–H and O–H groups in total. The topological polar surface area (TPSA) is 160 Å². The first-order valence-corrected chi connectivity index (χ1v) is 10.5. The highest BCUT2D eigenvalue weighted by molar-refractivity contribution is 7.92. The van der Waals surface area contributed by atoms with Gasteiger partial charge >= 0.3 is 5.97 Å². The first-order valence-electron chi connectivity index (χ1n) is 9.05. The fourth-order valence-electron chi connectivity index (χ4n) is 2.42. The molecule has 2 aromatic rings. The average molecular weight is 449 g/mol. The molecule has 1 aromatic carbocycles. The molecule has 0 radical (unpaired) electrons. The number of hydrogen-bond acceptors (Lipinski definition) is 9. The van der Waals surface area contributed by atoms with Gasteiger partial charge in [-0.2, -0.15) is 0 Å². The highest BCUT2D eigenvalue weighted by Crippen LogP contribution is 2.18. The molecular formula is C19H23N5O6S. The summed E-state index contributed by atoms with van der Waals surface area (Å²) in [5.41, 5.74) is 1.44. The predicted molar refractivity (Wildman–Crippen MR) is 113 cm³/mol. The maximum atomic E-state index is 12.6. The van der Waals surface area contributed by atoms with Gasteiger partial charge in [-0.05, 0) is 44.2 Å². The molecular weight excluding hydrogens is 426 g/mol. The number of carbonyl (C=O) groups is 2. The van der Waals surface area contributed by atoms with Crippen LogP contribution in [0, 0.1) is 13.8 Å². The number of hydrogen-bond donors (Lipinski definition) is 4. The van der Waals surface area contributed by atoms with Crippen LogP contribution in [-0.2, 0) is 24.3 Å². The van der Waals surface area contributed by atoms with Crippen LogP contribution in [0.4, 0.5) is 11.6 Å². The number of aliphatic hydroxyl groups excluding tert-OH is 1. The van der Waals surface area contributed by atoms with Crippen molar-refractivity contribution in [2.24, 2.45) is 0 Å². The average Bonchev–Trinajstić information content (AvgIpc) is 2.70. The van der Waals surface area contributed by atoms with E-state index in [9.17, 15) is 18.0 Å². The number of rotatable bonds is 9. The van der Waals surface area contributed by atoms with E-state index in [2.05, 4.69) is 30.1 Å². The van der Waals surface area contributed by atoms with Crippen molar-refractivity contribution in [1.82, 2.24) is 15.3 Å². The number of nitrogens with zero attached hydrogens (tertiary/aromatic N) is 2. The summed E-state index contributed by atoms with van der Waals surface area (Å²) in [4.78, 5) is 31.7. The van der Waals surface area contributed by atoms with Crippen molar-refractivity contribution in [3.05, 3.63) is 53.5 Å². The SMILES string of the molecule is COC(=O)/C=C(\Nc1ccc(S(=O)(=O)Nc2nc(C)cc(C)n2)cc1)C(=O)NCCO. The lowest BCUT2D eigenvalue weighted by molar-refractivity contribution is -0.135. The zero-order valence-corrected chi connectivity index (χ0v) is 18.0. The first-order chi connectivity index (χ1) is 14.6. The van der Waals surface area contributed by atoms with Crippen molar-refractivity contribution >= 4 is 33.5 Å². The van der Waals surface area contributed by atoms with Crippen LogP contribution in [0.3, 0.4) is 0 Å². The third-order valence-electron chi connectivity index (χ3n) is 3.76. The highest BCUT2D eigenvalue weighted by Gasteiger charge is 2.17. The third kappa shape index (κ3) is 7.04. The summed E-state index contributed by atoms with van der Waals surface area (Å²) in [6.07, 6.45) is 0.941. The molecule has 0 bridgehead atoms. The van der Waals surface area contributed by atoms with Gasteiger partial charge in [-0.25, -0.2) is 27.9 Å². The Labute approximate surface area is 179 Å².